The maximum Gasteiger partial charge on any atom is 0.261 e. The number of aryl methyl sites for hydroxylation is 1. The van der Waals surface area contributed by atoms with Crippen molar-refractivity contribution in [1.29, 1.82) is 0 Å². The van der Waals surface area contributed by atoms with Gasteiger partial charge in [-0.05, 0) is 59.6 Å². The highest BCUT2D eigenvalue weighted by molar-refractivity contribution is 7.99. The van der Waals surface area contributed by atoms with Crippen LogP contribution in [-0.2, 0) is 11.3 Å². The van der Waals surface area contributed by atoms with Crippen LogP contribution < -0.4 is 5.32 Å². The minimum atomic E-state index is -0.376. The third-order valence-electron chi connectivity index (χ3n) is 6.70. The van der Waals surface area contributed by atoms with Crippen LogP contribution in [0.1, 0.15) is 44.0 Å². The van der Waals surface area contributed by atoms with Crippen LogP contribution in [0.2, 0.25) is 0 Å². The number of thioether (sulfide) groups is 1. The van der Waals surface area contributed by atoms with E-state index in [0.717, 1.165) is 21.7 Å². The van der Waals surface area contributed by atoms with Gasteiger partial charge in [0.2, 0.25) is 0 Å². The lowest BCUT2D eigenvalue weighted by molar-refractivity contribution is -0.130. The Morgan fingerprint density at radius 1 is 1.00 bits per heavy atom. The maximum atomic E-state index is 13.7. The van der Waals surface area contributed by atoms with Gasteiger partial charge in [0.1, 0.15) is 5.82 Å². The van der Waals surface area contributed by atoms with E-state index in [4.69, 9.17) is 5.10 Å². The fraction of sp³-hybridized carbons (Fsp3) is 0.167. The molecular weight excluding hydrogens is 592 g/mol. The standard InChI is InChI=1S/C30H25FN6O2S3/c1-19-6-8-20(9-7-19)24-16-23(25-4-2-14-40-25)35-37(24)28(38)18-42-30-34-33-27(17-32-29(39)26-5-3-15-41-26)36(30)22-12-10-21(31)11-13-22/h2-15,24H,16-18H2,1H3,(H,32,39)/t24-/m1/s1. The van der Waals surface area contributed by atoms with Gasteiger partial charge in [-0.15, -0.1) is 32.9 Å². The Kier molecular flexibility index (Phi) is 8.27. The summed E-state index contributed by atoms with van der Waals surface area (Å²) >= 11 is 4.16. The average molecular weight is 617 g/mol. The van der Waals surface area contributed by atoms with Crippen molar-refractivity contribution in [2.75, 3.05) is 5.75 Å². The highest BCUT2D eigenvalue weighted by atomic mass is 32.2. The quantitative estimate of drug-likeness (QED) is 0.198. The number of rotatable bonds is 9. The maximum absolute atomic E-state index is 13.7. The molecule has 0 unspecified atom stereocenters. The van der Waals surface area contributed by atoms with Crippen LogP contribution in [0.4, 0.5) is 4.39 Å². The van der Waals surface area contributed by atoms with Crippen LogP contribution in [0.3, 0.4) is 0 Å². The fourth-order valence-electron chi connectivity index (χ4n) is 4.58. The average Bonchev–Trinajstić information content (AvgIpc) is 3.82. The monoisotopic (exact) mass is 616 g/mol. The molecule has 0 saturated heterocycles. The third-order valence-corrected chi connectivity index (χ3v) is 9.40. The highest BCUT2D eigenvalue weighted by Gasteiger charge is 2.33. The van der Waals surface area contributed by atoms with Gasteiger partial charge in [-0.2, -0.15) is 5.10 Å². The number of carbonyl (C=O) groups is 2. The van der Waals surface area contributed by atoms with Gasteiger partial charge >= 0.3 is 0 Å². The van der Waals surface area contributed by atoms with E-state index in [0.29, 0.717) is 28.0 Å². The van der Waals surface area contributed by atoms with E-state index in [-0.39, 0.29) is 36.0 Å². The molecule has 2 aromatic carbocycles. The first-order valence-corrected chi connectivity index (χ1v) is 15.9. The normalized spacial score (nSPS) is 14.7. The summed E-state index contributed by atoms with van der Waals surface area (Å²) in [5, 5.41) is 22.1. The van der Waals surface area contributed by atoms with Crippen molar-refractivity contribution in [2.24, 2.45) is 5.10 Å². The SMILES string of the molecule is Cc1ccc([C@H]2CC(c3cccs3)=NN2C(=O)CSc2nnc(CNC(=O)c3cccs3)n2-c2ccc(F)cc2)cc1. The number of hydrogen-bond donors (Lipinski definition) is 1. The number of aromatic nitrogens is 3. The fourth-order valence-corrected chi connectivity index (χ4v) is 6.77. The highest BCUT2D eigenvalue weighted by Crippen LogP contribution is 2.35. The van der Waals surface area contributed by atoms with Gasteiger partial charge in [0.25, 0.3) is 11.8 Å². The van der Waals surface area contributed by atoms with Gasteiger partial charge in [-0.3, -0.25) is 14.2 Å². The lowest BCUT2D eigenvalue weighted by Crippen LogP contribution is -2.28. The molecule has 42 heavy (non-hydrogen) atoms. The molecule has 1 aliphatic rings. The Morgan fingerprint density at radius 2 is 1.76 bits per heavy atom. The summed E-state index contributed by atoms with van der Waals surface area (Å²) in [4.78, 5) is 27.8. The number of hydrazone groups is 1. The number of carbonyl (C=O) groups excluding carboxylic acids is 2. The Balaban J connectivity index is 1.24. The Morgan fingerprint density at radius 3 is 2.48 bits per heavy atom. The molecule has 0 saturated carbocycles. The molecule has 12 heteroatoms. The van der Waals surface area contributed by atoms with Crippen molar-refractivity contribution >= 4 is 52.0 Å². The van der Waals surface area contributed by atoms with Crippen molar-refractivity contribution in [2.45, 2.75) is 31.1 Å². The van der Waals surface area contributed by atoms with Gasteiger partial charge < -0.3 is 5.32 Å². The molecule has 0 aliphatic carbocycles. The zero-order valence-electron chi connectivity index (χ0n) is 22.4. The molecule has 4 heterocycles. The molecule has 0 spiro atoms. The molecule has 1 atom stereocenters. The smallest absolute Gasteiger partial charge is 0.261 e. The third kappa shape index (κ3) is 6.06. The van der Waals surface area contributed by atoms with Crippen molar-refractivity contribution in [3.05, 3.63) is 116 Å². The second-order valence-electron chi connectivity index (χ2n) is 9.55. The van der Waals surface area contributed by atoms with Gasteiger partial charge in [-0.1, -0.05) is 53.7 Å². The van der Waals surface area contributed by atoms with Gasteiger partial charge in [-0.25, -0.2) is 9.40 Å². The Labute approximate surface area is 253 Å². The van der Waals surface area contributed by atoms with Gasteiger partial charge in [0.05, 0.1) is 33.8 Å². The van der Waals surface area contributed by atoms with Gasteiger partial charge in [0, 0.05) is 12.1 Å². The van der Waals surface area contributed by atoms with E-state index in [1.54, 1.807) is 39.1 Å². The lowest BCUT2D eigenvalue weighted by atomic mass is 10.00. The minimum absolute atomic E-state index is 0.0600. The molecular formula is C30H25FN6O2S3. The summed E-state index contributed by atoms with van der Waals surface area (Å²) in [6.45, 7) is 2.14. The first-order valence-electron chi connectivity index (χ1n) is 13.1. The first-order chi connectivity index (χ1) is 20.5. The van der Waals surface area contributed by atoms with Crippen molar-refractivity contribution in [3.63, 3.8) is 0 Å². The summed E-state index contributed by atoms with van der Waals surface area (Å²) < 4.78 is 15.5. The second kappa shape index (κ2) is 12.4. The van der Waals surface area contributed by atoms with E-state index in [2.05, 4.69) is 15.5 Å². The number of benzene rings is 2. The molecule has 3 aromatic heterocycles. The van der Waals surface area contributed by atoms with Crippen LogP contribution in [0.15, 0.2) is 93.8 Å². The summed E-state index contributed by atoms with van der Waals surface area (Å²) in [6, 6.07) is 21.4. The number of amides is 2. The molecule has 1 aliphatic heterocycles. The van der Waals surface area contributed by atoms with E-state index >= 15 is 0 Å². The zero-order valence-corrected chi connectivity index (χ0v) is 24.9. The Hall–Kier alpha value is -4.13. The Bertz CT molecular complexity index is 1720. The summed E-state index contributed by atoms with van der Waals surface area (Å²) in [6.07, 6.45) is 0.625. The largest absolute Gasteiger partial charge is 0.344 e. The first kappa shape index (κ1) is 28.0. The molecule has 6 rings (SSSR count). The molecule has 8 nitrogen and oxygen atoms in total. The predicted molar refractivity (Wildman–Crippen MR) is 164 cm³/mol. The van der Waals surface area contributed by atoms with E-state index in [9.17, 15) is 14.0 Å². The van der Waals surface area contributed by atoms with E-state index in [1.807, 2.05) is 60.1 Å². The number of halogens is 1. The molecule has 1 N–H and O–H groups in total. The number of thiophene rings is 2. The summed E-state index contributed by atoms with van der Waals surface area (Å²) in [5.74, 6) is -0.251. The van der Waals surface area contributed by atoms with Gasteiger partial charge in [0.15, 0.2) is 11.0 Å². The lowest BCUT2D eigenvalue weighted by Gasteiger charge is -2.22. The van der Waals surface area contributed by atoms with Crippen LogP contribution in [-0.4, -0.2) is 43.1 Å². The van der Waals surface area contributed by atoms with Crippen molar-refractivity contribution in [3.8, 4) is 5.69 Å². The van der Waals surface area contributed by atoms with Crippen LogP contribution in [0.25, 0.3) is 5.69 Å². The second-order valence-corrected chi connectivity index (χ2v) is 12.4. The van der Waals surface area contributed by atoms with Crippen LogP contribution in [0.5, 0.6) is 0 Å². The van der Waals surface area contributed by atoms with Crippen LogP contribution >= 0.6 is 34.4 Å². The predicted octanol–water partition coefficient (Wildman–Crippen LogP) is 6.24. The van der Waals surface area contributed by atoms with E-state index < -0.39 is 0 Å². The summed E-state index contributed by atoms with van der Waals surface area (Å²) in [5.41, 5.74) is 3.67. The summed E-state index contributed by atoms with van der Waals surface area (Å²) in [7, 11) is 0. The van der Waals surface area contributed by atoms with Crippen molar-refractivity contribution < 1.29 is 14.0 Å². The van der Waals surface area contributed by atoms with Crippen LogP contribution in [0, 0.1) is 12.7 Å². The molecule has 212 valence electrons. The number of hydrogen-bond acceptors (Lipinski definition) is 8. The molecule has 0 radical (unpaired) electrons. The molecule has 5 aromatic rings. The minimum Gasteiger partial charge on any atom is -0.344 e. The number of nitrogens with one attached hydrogen (secondary N) is 1. The molecule has 0 bridgehead atoms. The van der Waals surface area contributed by atoms with Crippen molar-refractivity contribution in [1.82, 2.24) is 25.1 Å². The topological polar surface area (TPSA) is 92.5 Å². The molecule has 2 amide bonds. The zero-order chi connectivity index (χ0) is 29.1. The molecule has 0 fully saturated rings. The number of nitrogens with zero attached hydrogens (tertiary/aromatic N) is 5. The van der Waals surface area contributed by atoms with E-state index in [1.165, 1.54) is 35.2 Å².